The molecule has 4 aromatic rings. The first-order chi connectivity index (χ1) is 17.0. The zero-order valence-corrected chi connectivity index (χ0v) is 20.4. The molecule has 7 nitrogen and oxygen atoms in total. The maximum atomic E-state index is 13.1. The third-order valence-corrected chi connectivity index (χ3v) is 6.62. The van der Waals surface area contributed by atoms with Crippen molar-refractivity contribution in [1.82, 2.24) is 14.7 Å². The average Bonchev–Trinajstić information content (AvgIpc) is 3.29. The third-order valence-electron chi connectivity index (χ3n) is 6.62. The summed E-state index contributed by atoms with van der Waals surface area (Å²) in [5.41, 5.74) is 4.93. The number of aromatic nitrogens is 2. The molecule has 7 heteroatoms. The number of rotatable bonds is 5. The van der Waals surface area contributed by atoms with Gasteiger partial charge in [-0.3, -0.25) is 4.68 Å². The summed E-state index contributed by atoms with van der Waals surface area (Å²) in [6, 6.07) is 24.2. The number of urea groups is 1. The van der Waals surface area contributed by atoms with E-state index in [1.54, 1.807) is 7.11 Å². The van der Waals surface area contributed by atoms with Crippen molar-refractivity contribution in [2.45, 2.75) is 18.9 Å². The Labute approximate surface area is 205 Å². The predicted octanol–water partition coefficient (Wildman–Crippen LogP) is 5.65. The number of methoxy groups -OCH3 is 1. The molecule has 0 bridgehead atoms. The number of likely N-dealkylation sites (tertiary alicyclic amines) is 1. The number of hydrogen-bond acceptors (Lipinski definition) is 4. The summed E-state index contributed by atoms with van der Waals surface area (Å²) >= 11 is 0. The maximum Gasteiger partial charge on any atom is 0.321 e. The predicted molar refractivity (Wildman–Crippen MR) is 141 cm³/mol. The van der Waals surface area contributed by atoms with Crippen LogP contribution in [0.4, 0.5) is 16.2 Å². The van der Waals surface area contributed by atoms with Gasteiger partial charge in [-0.2, -0.15) is 5.10 Å². The first-order valence-corrected chi connectivity index (χ1v) is 12.0. The van der Waals surface area contributed by atoms with Crippen molar-refractivity contribution in [3.05, 3.63) is 72.8 Å². The van der Waals surface area contributed by atoms with Crippen molar-refractivity contribution in [2.75, 3.05) is 44.5 Å². The molecule has 0 saturated carbocycles. The molecule has 5 rings (SSSR count). The van der Waals surface area contributed by atoms with Gasteiger partial charge in [0.25, 0.3) is 0 Å². The van der Waals surface area contributed by atoms with Crippen LogP contribution in [0.3, 0.4) is 0 Å². The van der Waals surface area contributed by atoms with Crippen LogP contribution >= 0.6 is 0 Å². The SMILES string of the molecule is COc1cccc(-c2nn(C3CCCN(C(=O)Nc4ccc(N(C)C)cc4)C3)c3ccccc23)c1. The van der Waals surface area contributed by atoms with E-state index in [9.17, 15) is 4.79 Å². The van der Waals surface area contributed by atoms with E-state index in [0.717, 1.165) is 58.7 Å². The Balaban J connectivity index is 1.39. The van der Waals surface area contributed by atoms with Crippen molar-refractivity contribution >= 4 is 28.3 Å². The molecule has 2 heterocycles. The number of carbonyl (C=O) groups is 1. The summed E-state index contributed by atoms with van der Waals surface area (Å²) in [5, 5.41) is 9.22. The minimum absolute atomic E-state index is 0.0724. The van der Waals surface area contributed by atoms with Gasteiger partial charge in [0.1, 0.15) is 11.4 Å². The molecule has 0 aliphatic carbocycles. The molecular formula is C28H31N5O2. The number of para-hydroxylation sites is 1. The lowest BCUT2D eigenvalue weighted by Gasteiger charge is -2.33. The Morgan fingerprint density at radius 1 is 1.06 bits per heavy atom. The van der Waals surface area contributed by atoms with Gasteiger partial charge in [-0.05, 0) is 55.3 Å². The highest BCUT2D eigenvalue weighted by Crippen LogP contribution is 2.33. The van der Waals surface area contributed by atoms with E-state index in [1.165, 1.54) is 0 Å². The highest BCUT2D eigenvalue weighted by molar-refractivity contribution is 5.94. The van der Waals surface area contributed by atoms with Crippen molar-refractivity contribution in [2.24, 2.45) is 0 Å². The summed E-state index contributed by atoms with van der Waals surface area (Å²) in [6.45, 7) is 1.35. The van der Waals surface area contributed by atoms with E-state index < -0.39 is 0 Å². The molecule has 180 valence electrons. The van der Waals surface area contributed by atoms with E-state index in [2.05, 4.69) is 28.2 Å². The van der Waals surface area contributed by atoms with Crippen LogP contribution in [0.2, 0.25) is 0 Å². The maximum absolute atomic E-state index is 13.1. The van der Waals surface area contributed by atoms with Gasteiger partial charge in [-0.25, -0.2) is 4.79 Å². The minimum Gasteiger partial charge on any atom is -0.497 e. The largest absolute Gasteiger partial charge is 0.497 e. The molecule has 1 N–H and O–H groups in total. The van der Waals surface area contributed by atoms with Gasteiger partial charge in [0, 0.05) is 49.5 Å². The first kappa shape index (κ1) is 22.8. The lowest BCUT2D eigenvalue weighted by atomic mass is 10.1. The normalized spacial score (nSPS) is 15.7. The smallest absolute Gasteiger partial charge is 0.321 e. The molecule has 1 atom stereocenters. The topological polar surface area (TPSA) is 62.6 Å². The second-order valence-electron chi connectivity index (χ2n) is 9.16. The molecule has 35 heavy (non-hydrogen) atoms. The fraction of sp³-hybridized carbons (Fsp3) is 0.286. The Morgan fingerprint density at radius 2 is 1.86 bits per heavy atom. The standard InChI is InChI=1S/C28H31N5O2/c1-31(2)22-15-13-21(14-16-22)29-28(34)32-17-7-9-23(19-32)33-26-12-5-4-11-25(26)27(30-33)20-8-6-10-24(18-20)35-3/h4-6,8,10-16,18,23H,7,9,17,19H2,1-3H3,(H,29,34). The molecule has 1 saturated heterocycles. The number of amides is 2. The number of anilines is 2. The van der Waals surface area contributed by atoms with Gasteiger partial charge >= 0.3 is 6.03 Å². The second-order valence-corrected chi connectivity index (χ2v) is 9.16. The van der Waals surface area contributed by atoms with Crippen LogP contribution in [-0.4, -0.2) is 55.0 Å². The number of benzene rings is 3. The molecule has 1 unspecified atom stereocenters. The van der Waals surface area contributed by atoms with Gasteiger partial charge in [-0.15, -0.1) is 0 Å². The zero-order valence-electron chi connectivity index (χ0n) is 20.4. The van der Waals surface area contributed by atoms with Gasteiger partial charge in [-0.1, -0.05) is 30.3 Å². The molecule has 0 spiro atoms. The van der Waals surface area contributed by atoms with Gasteiger partial charge in [0.05, 0.1) is 18.7 Å². The lowest BCUT2D eigenvalue weighted by molar-refractivity contribution is 0.176. The Bertz CT molecular complexity index is 1330. The Kier molecular flexibility index (Phi) is 6.31. The van der Waals surface area contributed by atoms with E-state index in [1.807, 2.05) is 78.5 Å². The fourth-order valence-corrected chi connectivity index (χ4v) is 4.74. The van der Waals surface area contributed by atoms with Crippen molar-refractivity contribution in [3.8, 4) is 17.0 Å². The number of piperidine rings is 1. The average molecular weight is 470 g/mol. The van der Waals surface area contributed by atoms with Crippen molar-refractivity contribution < 1.29 is 9.53 Å². The van der Waals surface area contributed by atoms with Crippen LogP contribution in [0.1, 0.15) is 18.9 Å². The highest BCUT2D eigenvalue weighted by Gasteiger charge is 2.27. The van der Waals surface area contributed by atoms with E-state index >= 15 is 0 Å². The third kappa shape index (κ3) is 4.67. The monoisotopic (exact) mass is 469 g/mol. The molecule has 1 aliphatic heterocycles. The number of nitrogens with zero attached hydrogens (tertiary/aromatic N) is 4. The number of fused-ring (bicyclic) bond motifs is 1. The summed E-state index contributed by atoms with van der Waals surface area (Å²) in [5.74, 6) is 0.806. The van der Waals surface area contributed by atoms with Crippen molar-refractivity contribution in [1.29, 1.82) is 0 Å². The highest BCUT2D eigenvalue weighted by atomic mass is 16.5. The lowest BCUT2D eigenvalue weighted by Crippen LogP contribution is -2.43. The van der Waals surface area contributed by atoms with E-state index in [-0.39, 0.29) is 12.1 Å². The van der Waals surface area contributed by atoms with Crippen LogP contribution < -0.4 is 15.0 Å². The number of carbonyl (C=O) groups excluding carboxylic acids is 1. The molecule has 0 radical (unpaired) electrons. The summed E-state index contributed by atoms with van der Waals surface area (Å²) in [4.78, 5) is 17.0. The molecule has 1 aromatic heterocycles. The van der Waals surface area contributed by atoms with Crippen LogP contribution in [0.15, 0.2) is 72.8 Å². The van der Waals surface area contributed by atoms with Crippen LogP contribution in [0.25, 0.3) is 22.2 Å². The molecule has 1 fully saturated rings. The zero-order chi connectivity index (χ0) is 24.4. The van der Waals surface area contributed by atoms with Crippen LogP contribution in [0, 0.1) is 0 Å². The number of nitrogens with one attached hydrogen (secondary N) is 1. The van der Waals surface area contributed by atoms with Crippen LogP contribution in [0.5, 0.6) is 5.75 Å². The van der Waals surface area contributed by atoms with Crippen LogP contribution in [-0.2, 0) is 0 Å². The quantitative estimate of drug-likeness (QED) is 0.410. The Morgan fingerprint density at radius 3 is 2.63 bits per heavy atom. The molecular weight excluding hydrogens is 438 g/mol. The minimum atomic E-state index is -0.0724. The Hall–Kier alpha value is -4.00. The van der Waals surface area contributed by atoms with Gasteiger partial charge in [0.2, 0.25) is 0 Å². The first-order valence-electron chi connectivity index (χ1n) is 12.0. The van der Waals surface area contributed by atoms with Crippen molar-refractivity contribution in [3.63, 3.8) is 0 Å². The van der Waals surface area contributed by atoms with Gasteiger partial charge in [0.15, 0.2) is 0 Å². The summed E-state index contributed by atoms with van der Waals surface area (Å²) < 4.78 is 7.54. The molecule has 3 aromatic carbocycles. The van der Waals surface area contributed by atoms with E-state index in [0.29, 0.717) is 6.54 Å². The van der Waals surface area contributed by atoms with Gasteiger partial charge < -0.3 is 19.9 Å². The van der Waals surface area contributed by atoms with E-state index in [4.69, 9.17) is 9.84 Å². The molecule has 1 aliphatic rings. The fourth-order valence-electron chi connectivity index (χ4n) is 4.74. The summed E-state index contributed by atoms with van der Waals surface area (Å²) in [7, 11) is 5.67. The molecule has 2 amide bonds. The summed E-state index contributed by atoms with van der Waals surface area (Å²) in [6.07, 6.45) is 1.91. The number of hydrogen-bond donors (Lipinski definition) is 1. The number of ether oxygens (including phenoxy) is 1. The second kappa shape index (κ2) is 9.70.